The number of aromatic nitrogens is 2. The maximum absolute atomic E-state index is 13.6. The number of benzene rings is 1. The molecule has 0 spiro atoms. The van der Waals surface area contributed by atoms with Crippen molar-refractivity contribution in [2.24, 2.45) is 0 Å². The summed E-state index contributed by atoms with van der Waals surface area (Å²) in [5.41, 5.74) is 0.610. The average Bonchev–Trinajstić information content (AvgIpc) is 2.38. The molecule has 0 amide bonds. The zero-order chi connectivity index (χ0) is 14.0. The Hall–Kier alpha value is -1.76. The van der Waals surface area contributed by atoms with Gasteiger partial charge >= 0.3 is 0 Å². The second-order valence-corrected chi connectivity index (χ2v) is 4.65. The van der Waals surface area contributed by atoms with Crippen molar-refractivity contribution in [3.8, 4) is 11.6 Å². The first kappa shape index (κ1) is 13.7. The molecule has 0 aliphatic heterocycles. The number of nitrogens with zero attached hydrogens (tertiary/aromatic N) is 2. The van der Waals surface area contributed by atoms with Crippen LogP contribution in [-0.2, 0) is 0 Å². The van der Waals surface area contributed by atoms with E-state index in [1.54, 1.807) is 14.0 Å². The number of aryl methyl sites for hydroxylation is 1. The van der Waals surface area contributed by atoms with Gasteiger partial charge in [-0.3, -0.25) is 0 Å². The molecule has 0 aliphatic carbocycles. The molecule has 0 saturated heterocycles. The van der Waals surface area contributed by atoms with E-state index in [2.05, 4.69) is 31.2 Å². The van der Waals surface area contributed by atoms with Crippen LogP contribution in [0.4, 0.5) is 14.7 Å². The van der Waals surface area contributed by atoms with Crippen molar-refractivity contribution >= 4 is 21.9 Å². The summed E-state index contributed by atoms with van der Waals surface area (Å²) in [4.78, 5) is 8.01. The van der Waals surface area contributed by atoms with E-state index in [4.69, 9.17) is 4.74 Å². The number of anilines is 1. The number of halogens is 3. The Kier molecular flexibility index (Phi) is 3.94. The van der Waals surface area contributed by atoms with Crippen LogP contribution in [0.5, 0.6) is 11.6 Å². The first-order chi connectivity index (χ1) is 9.01. The Labute approximate surface area is 117 Å². The summed E-state index contributed by atoms with van der Waals surface area (Å²) in [7, 11) is 1.65. The van der Waals surface area contributed by atoms with Gasteiger partial charge in [0, 0.05) is 23.3 Å². The minimum Gasteiger partial charge on any atom is -0.435 e. The fourth-order valence-electron chi connectivity index (χ4n) is 1.36. The van der Waals surface area contributed by atoms with Crippen molar-refractivity contribution < 1.29 is 13.5 Å². The van der Waals surface area contributed by atoms with Gasteiger partial charge in [0.25, 0.3) is 0 Å². The SMILES string of the molecule is CNc1ncc(C)c(Oc2cc(Br)cc(F)c2F)n1. The van der Waals surface area contributed by atoms with Gasteiger partial charge in [0.05, 0.1) is 0 Å². The van der Waals surface area contributed by atoms with E-state index in [0.29, 0.717) is 16.0 Å². The normalized spacial score (nSPS) is 10.4. The van der Waals surface area contributed by atoms with Gasteiger partial charge in [-0.05, 0) is 19.1 Å². The zero-order valence-corrected chi connectivity index (χ0v) is 11.8. The molecule has 7 heteroatoms. The summed E-state index contributed by atoms with van der Waals surface area (Å²) < 4.78 is 32.5. The van der Waals surface area contributed by atoms with Gasteiger partial charge in [-0.2, -0.15) is 9.37 Å². The molecule has 0 bridgehead atoms. The van der Waals surface area contributed by atoms with Crippen LogP contribution in [0.3, 0.4) is 0 Å². The molecule has 1 N–H and O–H groups in total. The van der Waals surface area contributed by atoms with Crippen molar-refractivity contribution in [3.05, 3.63) is 40.0 Å². The first-order valence-corrected chi connectivity index (χ1v) is 6.14. The van der Waals surface area contributed by atoms with Crippen molar-refractivity contribution in [2.75, 3.05) is 12.4 Å². The Bertz CT molecular complexity index is 622. The summed E-state index contributed by atoms with van der Waals surface area (Å²) in [6.45, 7) is 1.71. The summed E-state index contributed by atoms with van der Waals surface area (Å²) >= 11 is 3.08. The fraction of sp³-hybridized carbons (Fsp3) is 0.167. The summed E-state index contributed by atoms with van der Waals surface area (Å²) in [6.07, 6.45) is 1.53. The highest BCUT2D eigenvalue weighted by Gasteiger charge is 2.14. The standard InChI is InChI=1S/C12H10BrF2N3O/c1-6-5-17-12(16-2)18-11(6)19-9-4-7(13)3-8(14)10(9)15/h3-5H,1-2H3,(H,16,17,18). The number of hydrogen-bond donors (Lipinski definition) is 1. The maximum Gasteiger partial charge on any atom is 0.227 e. The Morgan fingerprint density at radius 3 is 2.74 bits per heavy atom. The number of rotatable bonds is 3. The van der Waals surface area contributed by atoms with Gasteiger partial charge in [0.2, 0.25) is 17.6 Å². The molecule has 100 valence electrons. The Morgan fingerprint density at radius 2 is 2.05 bits per heavy atom. The lowest BCUT2D eigenvalue weighted by molar-refractivity contribution is 0.402. The number of nitrogens with one attached hydrogen (secondary N) is 1. The Balaban J connectivity index is 2.41. The van der Waals surface area contributed by atoms with Crippen molar-refractivity contribution in [1.29, 1.82) is 0 Å². The molecule has 0 fully saturated rings. The molecule has 0 saturated carbocycles. The monoisotopic (exact) mass is 329 g/mol. The van der Waals surface area contributed by atoms with Gasteiger partial charge in [-0.25, -0.2) is 9.37 Å². The highest BCUT2D eigenvalue weighted by Crippen LogP contribution is 2.30. The number of hydrogen-bond acceptors (Lipinski definition) is 4. The first-order valence-electron chi connectivity index (χ1n) is 5.35. The van der Waals surface area contributed by atoms with Crippen molar-refractivity contribution in [3.63, 3.8) is 0 Å². The molecule has 0 aliphatic rings. The predicted octanol–water partition coefficient (Wildman–Crippen LogP) is 3.66. The van der Waals surface area contributed by atoms with Crippen LogP contribution in [0.15, 0.2) is 22.8 Å². The van der Waals surface area contributed by atoms with E-state index in [1.165, 1.54) is 12.3 Å². The maximum atomic E-state index is 13.6. The predicted molar refractivity (Wildman–Crippen MR) is 70.4 cm³/mol. The topological polar surface area (TPSA) is 47.0 Å². The van der Waals surface area contributed by atoms with E-state index in [9.17, 15) is 8.78 Å². The van der Waals surface area contributed by atoms with Gasteiger partial charge < -0.3 is 10.1 Å². The molecular weight excluding hydrogens is 320 g/mol. The molecule has 4 nitrogen and oxygen atoms in total. The highest BCUT2D eigenvalue weighted by atomic mass is 79.9. The van der Waals surface area contributed by atoms with Crippen molar-refractivity contribution in [1.82, 2.24) is 9.97 Å². The summed E-state index contributed by atoms with van der Waals surface area (Å²) in [5.74, 6) is -1.81. The second-order valence-electron chi connectivity index (χ2n) is 3.73. The van der Waals surface area contributed by atoms with Crippen LogP contribution < -0.4 is 10.1 Å². The van der Waals surface area contributed by atoms with Gasteiger partial charge in [-0.1, -0.05) is 15.9 Å². The van der Waals surface area contributed by atoms with Gasteiger partial charge in [0.1, 0.15) is 0 Å². The summed E-state index contributed by atoms with van der Waals surface area (Å²) in [5, 5.41) is 2.74. The fourth-order valence-corrected chi connectivity index (χ4v) is 1.77. The van der Waals surface area contributed by atoms with E-state index >= 15 is 0 Å². The van der Waals surface area contributed by atoms with Crippen LogP contribution in [0.2, 0.25) is 0 Å². The highest BCUT2D eigenvalue weighted by molar-refractivity contribution is 9.10. The van der Waals surface area contributed by atoms with Crippen molar-refractivity contribution in [2.45, 2.75) is 6.92 Å². The van der Waals surface area contributed by atoms with E-state index in [0.717, 1.165) is 6.07 Å². The quantitative estimate of drug-likeness (QED) is 0.873. The molecule has 0 unspecified atom stereocenters. The summed E-state index contributed by atoms with van der Waals surface area (Å²) in [6, 6.07) is 2.35. The molecule has 1 aromatic heterocycles. The Morgan fingerprint density at radius 1 is 1.32 bits per heavy atom. The largest absolute Gasteiger partial charge is 0.435 e. The minimum atomic E-state index is -1.06. The number of ether oxygens (including phenoxy) is 1. The van der Waals surface area contributed by atoms with E-state index in [1.807, 2.05) is 0 Å². The molecule has 1 aromatic carbocycles. The van der Waals surface area contributed by atoms with Crippen LogP contribution in [0.1, 0.15) is 5.56 Å². The third kappa shape index (κ3) is 2.98. The van der Waals surface area contributed by atoms with E-state index < -0.39 is 11.6 Å². The molecular formula is C12H10BrF2N3O. The smallest absolute Gasteiger partial charge is 0.227 e. The third-order valence-electron chi connectivity index (χ3n) is 2.32. The lowest BCUT2D eigenvalue weighted by Gasteiger charge is -2.10. The molecule has 19 heavy (non-hydrogen) atoms. The van der Waals surface area contributed by atoms with Gasteiger partial charge in [-0.15, -0.1) is 0 Å². The van der Waals surface area contributed by atoms with Crippen LogP contribution in [-0.4, -0.2) is 17.0 Å². The van der Waals surface area contributed by atoms with E-state index in [-0.39, 0.29) is 11.6 Å². The van der Waals surface area contributed by atoms with Crippen LogP contribution >= 0.6 is 15.9 Å². The zero-order valence-electron chi connectivity index (χ0n) is 10.2. The van der Waals surface area contributed by atoms with Gasteiger partial charge in [0.15, 0.2) is 11.6 Å². The molecule has 2 aromatic rings. The molecule has 1 heterocycles. The molecule has 2 rings (SSSR count). The minimum absolute atomic E-state index is 0.163. The lowest BCUT2D eigenvalue weighted by atomic mass is 10.3. The molecule has 0 radical (unpaired) electrons. The van der Waals surface area contributed by atoms with Crippen LogP contribution in [0.25, 0.3) is 0 Å². The average molecular weight is 330 g/mol. The third-order valence-corrected chi connectivity index (χ3v) is 2.77. The lowest BCUT2D eigenvalue weighted by Crippen LogP contribution is -2.01. The molecule has 0 atom stereocenters. The second kappa shape index (κ2) is 5.48. The van der Waals surface area contributed by atoms with Crippen LogP contribution in [0, 0.1) is 18.6 Å².